The molecular weight excluding hydrogens is 348 g/mol. The maximum absolute atomic E-state index is 12.5. The normalized spacial score (nSPS) is 24.6. The third kappa shape index (κ3) is 7.44. The Bertz CT molecular complexity index is 504. The molecule has 0 heterocycles. The minimum absolute atomic E-state index is 0.118. The van der Waals surface area contributed by atoms with Crippen molar-refractivity contribution < 1.29 is 14.4 Å². The molecule has 3 heteroatoms. The van der Waals surface area contributed by atoms with Gasteiger partial charge < -0.3 is 0 Å². The van der Waals surface area contributed by atoms with E-state index in [1.165, 1.54) is 70.6 Å². The van der Waals surface area contributed by atoms with E-state index < -0.39 is 0 Å². The van der Waals surface area contributed by atoms with Crippen LogP contribution in [0.2, 0.25) is 0 Å². The van der Waals surface area contributed by atoms with Gasteiger partial charge in [0, 0.05) is 25.2 Å². The second kappa shape index (κ2) is 12.5. The molecule has 2 aliphatic rings. The summed E-state index contributed by atoms with van der Waals surface area (Å²) >= 11 is 0. The highest BCUT2D eigenvalue weighted by molar-refractivity contribution is 6.37. The summed E-state index contributed by atoms with van der Waals surface area (Å²) in [4.78, 5) is 37.2. The minimum atomic E-state index is -0.238. The van der Waals surface area contributed by atoms with Crippen molar-refractivity contribution in [1.29, 1.82) is 0 Å². The molecular formula is C25H42O3. The van der Waals surface area contributed by atoms with E-state index in [1.807, 2.05) is 0 Å². The Balaban J connectivity index is 1.69. The lowest BCUT2D eigenvalue weighted by Crippen LogP contribution is -2.26. The Morgan fingerprint density at radius 3 is 2.11 bits per heavy atom. The van der Waals surface area contributed by atoms with Crippen LogP contribution in [0.5, 0.6) is 0 Å². The molecule has 0 amide bonds. The zero-order valence-electron chi connectivity index (χ0n) is 18.3. The van der Waals surface area contributed by atoms with Gasteiger partial charge in [0.2, 0.25) is 0 Å². The molecule has 0 aromatic rings. The Labute approximate surface area is 172 Å². The molecule has 0 aliphatic heterocycles. The number of unbranched alkanes of at least 4 members (excludes halogenated alkanes) is 1. The van der Waals surface area contributed by atoms with Crippen LogP contribution >= 0.6 is 0 Å². The van der Waals surface area contributed by atoms with Crippen molar-refractivity contribution in [3.8, 4) is 0 Å². The van der Waals surface area contributed by atoms with E-state index in [2.05, 4.69) is 13.8 Å². The third-order valence-corrected chi connectivity index (χ3v) is 7.45. The molecule has 0 aromatic heterocycles. The van der Waals surface area contributed by atoms with Crippen LogP contribution in [0.25, 0.3) is 0 Å². The molecule has 28 heavy (non-hydrogen) atoms. The van der Waals surface area contributed by atoms with Crippen LogP contribution in [0.1, 0.15) is 117 Å². The topological polar surface area (TPSA) is 51.2 Å². The summed E-state index contributed by atoms with van der Waals surface area (Å²) in [6.45, 7) is 4.27. The van der Waals surface area contributed by atoms with E-state index in [1.54, 1.807) is 0 Å². The lowest BCUT2D eigenvalue weighted by Gasteiger charge is -2.31. The summed E-state index contributed by atoms with van der Waals surface area (Å²) in [7, 11) is 0. The maximum Gasteiger partial charge on any atom is 0.198 e. The Hall–Kier alpha value is -0.990. The zero-order chi connectivity index (χ0) is 20.4. The summed E-state index contributed by atoms with van der Waals surface area (Å²) in [5.41, 5.74) is 0. The van der Waals surface area contributed by atoms with E-state index in [0.717, 1.165) is 6.42 Å². The van der Waals surface area contributed by atoms with Gasteiger partial charge in [-0.2, -0.15) is 0 Å². The van der Waals surface area contributed by atoms with E-state index in [4.69, 9.17) is 0 Å². The van der Waals surface area contributed by atoms with Crippen molar-refractivity contribution in [1.82, 2.24) is 0 Å². The molecule has 2 fully saturated rings. The van der Waals surface area contributed by atoms with Crippen LogP contribution in [-0.2, 0) is 14.4 Å². The molecule has 160 valence electrons. The van der Waals surface area contributed by atoms with Gasteiger partial charge in [-0.25, -0.2) is 0 Å². The molecule has 0 bridgehead atoms. The van der Waals surface area contributed by atoms with Crippen molar-refractivity contribution >= 4 is 17.3 Å². The maximum atomic E-state index is 12.5. The fourth-order valence-electron chi connectivity index (χ4n) is 5.44. The van der Waals surface area contributed by atoms with Crippen LogP contribution in [0, 0.1) is 23.7 Å². The number of hydrogen-bond acceptors (Lipinski definition) is 3. The second-order valence-corrected chi connectivity index (χ2v) is 9.50. The van der Waals surface area contributed by atoms with Crippen molar-refractivity contribution in [3.63, 3.8) is 0 Å². The highest BCUT2D eigenvalue weighted by Crippen LogP contribution is 2.36. The fourth-order valence-corrected chi connectivity index (χ4v) is 5.44. The Morgan fingerprint density at radius 1 is 0.786 bits per heavy atom. The SMILES string of the molecule is CCCCC1CCCCC1CC(=O)C(=O)CCCC(=O)C(C)C1CCCCC1. The molecule has 2 aliphatic carbocycles. The molecule has 3 atom stereocenters. The van der Waals surface area contributed by atoms with Crippen molar-refractivity contribution in [2.75, 3.05) is 0 Å². The standard InChI is InChI=1S/C25H42O3/c1-3-4-11-21-14-8-9-15-22(21)18-25(28)24(27)17-10-16-23(26)19(2)20-12-6-5-7-13-20/h19-22H,3-18H2,1-2H3. The second-order valence-electron chi connectivity index (χ2n) is 9.50. The van der Waals surface area contributed by atoms with E-state index in [9.17, 15) is 14.4 Å². The average molecular weight is 391 g/mol. The lowest BCUT2D eigenvalue weighted by molar-refractivity contribution is -0.137. The number of hydrogen-bond donors (Lipinski definition) is 0. The highest BCUT2D eigenvalue weighted by Gasteiger charge is 2.29. The van der Waals surface area contributed by atoms with Gasteiger partial charge in [-0.15, -0.1) is 0 Å². The predicted octanol–water partition coefficient (Wildman–Crippen LogP) is 6.47. The quantitative estimate of drug-likeness (QED) is 0.359. The largest absolute Gasteiger partial charge is 0.299 e. The minimum Gasteiger partial charge on any atom is -0.299 e. The highest BCUT2D eigenvalue weighted by atomic mass is 16.2. The Kier molecular flexibility index (Phi) is 10.4. The predicted molar refractivity (Wildman–Crippen MR) is 114 cm³/mol. The first-order valence-corrected chi connectivity index (χ1v) is 12.1. The van der Waals surface area contributed by atoms with E-state index in [0.29, 0.717) is 42.8 Å². The fraction of sp³-hybridized carbons (Fsp3) is 0.880. The summed E-state index contributed by atoms with van der Waals surface area (Å²) in [6, 6.07) is 0. The molecule has 0 spiro atoms. The van der Waals surface area contributed by atoms with E-state index in [-0.39, 0.29) is 23.9 Å². The van der Waals surface area contributed by atoms with E-state index >= 15 is 0 Å². The molecule has 2 rings (SSSR count). The Morgan fingerprint density at radius 2 is 1.43 bits per heavy atom. The molecule has 3 unspecified atom stereocenters. The summed E-state index contributed by atoms with van der Waals surface area (Å²) in [6.07, 6.45) is 16.3. The molecule has 0 radical (unpaired) electrons. The van der Waals surface area contributed by atoms with Gasteiger partial charge in [-0.1, -0.05) is 71.6 Å². The van der Waals surface area contributed by atoms with Gasteiger partial charge in [0.15, 0.2) is 11.6 Å². The number of carbonyl (C=O) groups is 3. The molecule has 0 aromatic carbocycles. The van der Waals surface area contributed by atoms with Gasteiger partial charge in [0.1, 0.15) is 5.78 Å². The first-order chi connectivity index (χ1) is 13.5. The summed E-state index contributed by atoms with van der Waals surface area (Å²) < 4.78 is 0. The van der Waals surface area contributed by atoms with Gasteiger partial charge in [-0.05, 0) is 43.4 Å². The van der Waals surface area contributed by atoms with Crippen molar-refractivity contribution in [2.24, 2.45) is 23.7 Å². The van der Waals surface area contributed by atoms with Crippen molar-refractivity contribution in [2.45, 2.75) is 117 Å². The summed E-state index contributed by atoms with van der Waals surface area (Å²) in [5.74, 6) is 1.56. The van der Waals surface area contributed by atoms with Gasteiger partial charge >= 0.3 is 0 Å². The van der Waals surface area contributed by atoms with Crippen molar-refractivity contribution in [3.05, 3.63) is 0 Å². The first kappa shape index (κ1) is 23.3. The smallest absolute Gasteiger partial charge is 0.198 e. The molecule has 0 saturated heterocycles. The molecule has 0 N–H and O–H groups in total. The molecule has 2 saturated carbocycles. The van der Waals surface area contributed by atoms with Crippen LogP contribution in [0.4, 0.5) is 0 Å². The summed E-state index contributed by atoms with van der Waals surface area (Å²) in [5, 5.41) is 0. The number of carbonyl (C=O) groups excluding carboxylic acids is 3. The first-order valence-electron chi connectivity index (χ1n) is 12.1. The van der Waals surface area contributed by atoms with Crippen LogP contribution in [-0.4, -0.2) is 17.3 Å². The number of ketones is 3. The number of rotatable bonds is 12. The number of Topliss-reactive ketones (excluding diaryl/α,β-unsaturated/α-hetero) is 3. The van der Waals surface area contributed by atoms with Gasteiger partial charge in [-0.3, -0.25) is 14.4 Å². The lowest BCUT2D eigenvalue weighted by atomic mass is 9.74. The van der Waals surface area contributed by atoms with Crippen LogP contribution < -0.4 is 0 Å². The monoisotopic (exact) mass is 390 g/mol. The average Bonchev–Trinajstić information content (AvgIpc) is 2.72. The zero-order valence-corrected chi connectivity index (χ0v) is 18.3. The van der Waals surface area contributed by atoms with Gasteiger partial charge in [0.05, 0.1) is 0 Å². The van der Waals surface area contributed by atoms with Crippen LogP contribution in [0.3, 0.4) is 0 Å². The van der Waals surface area contributed by atoms with Crippen LogP contribution in [0.15, 0.2) is 0 Å². The van der Waals surface area contributed by atoms with Gasteiger partial charge in [0.25, 0.3) is 0 Å². The third-order valence-electron chi connectivity index (χ3n) is 7.45. The molecule has 3 nitrogen and oxygen atoms in total.